The highest BCUT2D eigenvalue weighted by molar-refractivity contribution is 6.41. The van der Waals surface area contributed by atoms with Gasteiger partial charge in [0.05, 0.1) is 10.7 Å². The summed E-state index contributed by atoms with van der Waals surface area (Å²) in [5.74, 6) is 0.194. The van der Waals surface area contributed by atoms with Gasteiger partial charge >= 0.3 is 0 Å². The Morgan fingerprint density at radius 2 is 1.97 bits per heavy atom. The summed E-state index contributed by atoms with van der Waals surface area (Å²) in [5, 5.41) is 13.0. The van der Waals surface area contributed by atoms with Crippen LogP contribution in [0.3, 0.4) is 0 Å². The van der Waals surface area contributed by atoms with Crippen LogP contribution in [0.1, 0.15) is 22.6 Å². The van der Waals surface area contributed by atoms with E-state index < -0.39 is 0 Å². The molecule has 1 aromatic carbocycles. The van der Waals surface area contributed by atoms with E-state index in [2.05, 4.69) is 15.5 Å². The first kappa shape index (κ1) is 21.8. The summed E-state index contributed by atoms with van der Waals surface area (Å²) in [6.07, 6.45) is 2.29. The summed E-state index contributed by atoms with van der Waals surface area (Å²) < 4.78 is 8.69. The molecule has 7 nitrogen and oxygen atoms in total. The van der Waals surface area contributed by atoms with Gasteiger partial charge in [0, 0.05) is 24.3 Å². The Labute approximate surface area is 187 Å². The number of carbonyl (C=O) groups is 1. The fraction of sp³-hybridized carbons (Fsp3) is 0.278. The van der Waals surface area contributed by atoms with Crippen molar-refractivity contribution in [3.63, 3.8) is 0 Å². The third-order valence-corrected chi connectivity index (χ3v) is 5.41. The van der Waals surface area contributed by atoms with Crippen LogP contribution >= 0.6 is 46.4 Å². The Bertz CT molecular complexity index is 1020. The number of ether oxygens (including phenoxy) is 1. The minimum atomic E-state index is -0.283. The average Bonchev–Trinajstić information content (AvgIpc) is 3.25. The SMILES string of the molecule is Cc1nn(CCCNC(=O)c2ccn(COc3ccc(Cl)cc3Cl)n2)c(Cl)c1Cl. The fourth-order valence-corrected chi connectivity index (χ4v) is 3.34. The molecule has 0 saturated carbocycles. The number of hydrogen-bond donors (Lipinski definition) is 1. The molecule has 0 fully saturated rings. The van der Waals surface area contributed by atoms with Gasteiger partial charge in [0.1, 0.15) is 21.6 Å². The molecule has 0 radical (unpaired) electrons. The maximum absolute atomic E-state index is 12.2. The van der Waals surface area contributed by atoms with E-state index in [9.17, 15) is 4.79 Å². The molecule has 0 aliphatic carbocycles. The smallest absolute Gasteiger partial charge is 0.271 e. The monoisotopic (exact) mass is 475 g/mol. The first-order valence-electron chi connectivity index (χ1n) is 8.63. The van der Waals surface area contributed by atoms with Crippen LogP contribution in [0, 0.1) is 6.92 Å². The van der Waals surface area contributed by atoms with Crippen LogP contribution < -0.4 is 10.1 Å². The summed E-state index contributed by atoms with van der Waals surface area (Å²) in [7, 11) is 0. The van der Waals surface area contributed by atoms with Crippen LogP contribution in [0.25, 0.3) is 0 Å². The van der Waals surface area contributed by atoms with Gasteiger partial charge in [-0.2, -0.15) is 10.2 Å². The van der Waals surface area contributed by atoms with Crippen LogP contribution in [0.5, 0.6) is 5.75 Å². The summed E-state index contributed by atoms with van der Waals surface area (Å²) in [4.78, 5) is 12.2. The minimum Gasteiger partial charge on any atom is -0.470 e. The molecule has 154 valence electrons. The molecular weight excluding hydrogens is 460 g/mol. The molecule has 0 spiro atoms. The minimum absolute atomic E-state index is 0.104. The molecular formula is C18H17Cl4N5O2. The summed E-state index contributed by atoms with van der Waals surface area (Å²) >= 11 is 24.0. The van der Waals surface area contributed by atoms with Crippen molar-refractivity contribution in [3.05, 3.63) is 62.1 Å². The second-order valence-corrected chi connectivity index (χ2v) is 7.69. The number of benzene rings is 1. The lowest BCUT2D eigenvalue weighted by Crippen LogP contribution is -2.26. The number of aromatic nitrogens is 4. The quantitative estimate of drug-likeness (QED) is 0.471. The van der Waals surface area contributed by atoms with E-state index >= 15 is 0 Å². The molecule has 0 aliphatic rings. The van der Waals surface area contributed by atoms with Gasteiger partial charge in [-0.05, 0) is 37.6 Å². The van der Waals surface area contributed by atoms with Crippen LogP contribution in [0.4, 0.5) is 0 Å². The Hall–Kier alpha value is -1.93. The topological polar surface area (TPSA) is 74.0 Å². The zero-order chi connectivity index (χ0) is 21.0. The van der Waals surface area contributed by atoms with Gasteiger partial charge in [0.2, 0.25) is 0 Å². The second-order valence-electron chi connectivity index (χ2n) is 6.11. The largest absolute Gasteiger partial charge is 0.470 e. The first-order chi connectivity index (χ1) is 13.8. The number of carbonyl (C=O) groups excluding carboxylic acids is 1. The van der Waals surface area contributed by atoms with Gasteiger partial charge in [0.25, 0.3) is 5.91 Å². The van der Waals surface area contributed by atoms with Crippen LogP contribution in [0.2, 0.25) is 20.2 Å². The van der Waals surface area contributed by atoms with Gasteiger partial charge in [0.15, 0.2) is 6.73 Å². The van der Waals surface area contributed by atoms with Crippen molar-refractivity contribution >= 4 is 52.3 Å². The number of halogens is 4. The standard InChI is InChI=1S/C18H17Cl4N5O2/c1-11-16(21)17(22)27(24-11)7-2-6-23-18(28)14-5-8-26(25-14)10-29-15-4-3-12(19)9-13(15)20/h3-5,8-9H,2,6-7,10H2,1H3,(H,23,28). The summed E-state index contributed by atoms with van der Waals surface area (Å²) in [6.45, 7) is 2.87. The summed E-state index contributed by atoms with van der Waals surface area (Å²) in [6, 6.07) is 6.54. The van der Waals surface area contributed by atoms with Crippen molar-refractivity contribution in [1.82, 2.24) is 24.9 Å². The molecule has 2 heterocycles. The molecule has 0 saturated heterocycles. The molecule has 1 amide bonds. The van der Waals surface area contributed by atoms with E-state index in [1.165, 1.54) is 4.68 Å². The highest BCUT2D eigenvalue weighted by Crippen LogP contribution is 2.27. The molecule has 0 unspecified atom stereocenters. The van der Waals surface area contributed by atoms with Crippen molar-refractivity contribution < 1.29 is 9.53 Å². The molecule has 0 atom stereocenters. The molecule has 29 heavy (non-hydrogen) atoms. The normalized spacial score (nSPS) is 10.9. The molecule has 2 aromatic heterocycles. The van der Waals surface area contributed by atoms with E-state index in [1.807, 2.05) is 0 Å². The fourth-order valence-electron chi connectivity index (χ4n) is 2.48. The van der Waals surface area contributed by atoms with E-state index in [0.717, 1.165) is 0 Å². The Balaban J connectivity index is 1.45. The van der Waals surface area contributed by atoms with Gasteiger partial charge in [-0.25, -0.2) is 4.68 Å². The van der Waals surface area contributed by atoms with Crippen molar-refractivity contribution in [2.45, 2.75) is 26.6 Å². The van der Waals surface area contributed by atoms with E-state index in [4.69, 9.17) is 51.1 Å². The zero-order valence-electron chi connectivity index (χ0n) is 15.3. The predicted molar refractivity (Wildman–Crippen MR) is 113 cm³/mol. The molecule has 3 rings (SSSR count). The van der Waals surface area contributed by atoms with Crippen molar-refractivity contribution in [2.75, 3.05) is 6.54 Å². The van der Waals surface area contributed by atoms with Crippen molar-refractivity contribution in [3.8, 4) is 5.75 Å². The number of hydrogen-bond acceptors (Lipinski definition) is 4. The molecule has 0 aliphatic heterocycles. The maximum Gasteiger partial charge on any atom is 0.271 e. The molecule has 1 N–H and O–H groups in total. The number of aryl methyl sites for hydroxylation is 2. The highest BCUT2D eigenvalue weighted by atomic mass is 35.5. The Morgan fingerprint density at radius 3 is 2.66 bits per heavy atom. The van der Waals surface area contributed by atoms with Crippen molar-refractivity contribution in [1.29, 1.82) is 0 Å². The third-order valence-electron chi connectivity index (χ3n) is 3.95. The molecule has 0 bridgehead atoms. The zero-order valence-corrected chi connectivity index (χ0v) is 18.4. The van der Waals surface area contributed by atoms with Crippen LogP contribution in [-0.2, 0) is 13.3 Å². The van der Waals surface area contributed by atoms with Crippen LogP contribution in [-0.4, -0.2) is 32.0 Å². The predicted octanol–water partition coefficient (Wildman–Crippen LogP) is 4.86. The summed E-state index contributed by atoms with van der Waals surface area (Å²) in [5.41, 5.74) is 0.958. The lowest BCUT2D eigenvalue weighted by molar-refractivity contribution is 0.0945. The van der Waals surface area contributed by atoms with Gasteiger partial charge in [-0.3, -0.25) is 9.48 Å². The van der Waals surface area contributed by atoms with Gasteiger partial charge < -0.3 is 10.1 Å². The van der Waals surface area contributed by atoms with E-state index in [0.29, 0.717) is 51.2 Å². The highest BCUT2D eigenvalue weighted by Gasteiger charge is 2.12. The van der Waals surface area contributed by atoms with Gasteiger partial charge in [-0.15, -0.1) is 0 Å². The van der Waals surface area contributed by atoms with Crippen molar-refractivity contribution in [2.24, 2.45) is 0 Å². The number of nitrogens with zero attached hydrogens (tertiary/aromatic N) is 4. The lowest BCUT2D eigenvalue weighted by Gasteiger charge is -2.08. The lowest BCUT2D eigenvalue weighted by atomic mass is 10.3. The number of rotatable bonds is 8. The third kappa shape index (κ3) is 5.57. The number of amides is 1. The maximum atomic E-state index is 12.2. The van der Waals surface area contributed by atoms with Gasteiger partial charge in [-0.1, -0.05) is 46.4 Å². The molecule has 11 heteroatoms. The number of nitrogens with one attached hydrogen (secondary N) is 1. The Kier molecular flexibility index (Phi) is 7.29. The Morgan fingerprint density at radius 1 is 1.17 bits per heavy atom. The van der Waals surface area contributed by atoms with E-state index in [1.54, 1.807) is 42.1 Å². The second kappa shape index (κ2) is 9.71. The average molecular weight is 477 g/mol. The first-order valence-corrected chi connectivity index (χ1v) is 10.1. The van der Waals surface area contributed by atoms with Crippen LogP contribution in [0.15, 0.2) is 30.5 Å². The molecule has 3 aromatic rings. The van der Waals surface area contributed by atoms with E-state index in [-0.39, 0.29) is 18.3 Å².